The minimum absolute atomic E-state index is 0.512. The van der Waals surface area contributed by atoms with Gasteiger partial charge in [0.15, 0.2) is 11.6 Å². The molecule has 4 nitrogen and oxygen atoms in total. The van der Waals surface area contributed by atoms with E-state index in [0.29, 0.717) is 6.04 Å². The molecular weight excluding hydrogens is 282 g/mol. The first-order valence-electron chi connectivity index (χ1n) is 6.03. The van der Waals surface area contributed by atoms with Crippen LogP contribution in [0, 0.1) is 6.92 Å². The zero-order valence-corrected chi connectivity index (χ0v) is 11.5. The molecule has 0 spiro atoms. The van der Waals surface area contributed by atoms with Gasteiger partial charge in [0.2, 0.25) is 0 Å². The summed E-state index contributed by atoms with van der Waals surface area (Å²) in [5, 5.41) is 3.43. The van der Waals surface area contributed by atoms with Gasteiger partial charge in [0, 0.05) is 42.6 Å². The molecule has 2 aliphatic heterocycles. The van der Waals surface area contributed by atoms with E-state index in [4.69, 9.17) is 4.74 Å². The Kier molecular flexibility index (Phi) is 2.96. The smallest absolute Gasteiger partial charge is 0.172 e. The number of ether oxygens (including phenoxy) is 1. The highest BCUT2D eigenvalue weighted by Crippen LogP contribution is 2.35. The third-order valence-corrected chi connectivity index (χ3v) is 4.23. The SMILES string of the molecule is Cc1nc2c(cc1Br)OCC[C@@H]1CNCCN21. The van der Waals surface area contributed by atoms with E-state index in [9.17, 15) is 0 Å². The van der Waals surface area contributed by atoms with Crippen molar-refractivity contribution in [3.8, 4) is 5.75 Å². The van der Waals surface area contributed by atoms with Gasteiger partial charge in [-0.15, -0.1) is 0 Å². The van der Waals surface area contributed by atoms with E-state index in [0.717, 1.165) is 54.4 Å². The fourth-order valence-corrected chi connectivity index (χ4v) is 2.76. The number of hydrogen-bond donors (Lipinski definition) is 1. The molecule has 5 heteroatoms. The standard InChI is InChI=1S/C12H16BrN3O/c1-8-10(13)6-11-12(15-8)16-4-3-14-7-9(16)2-5-17-11/h6,9,14H,2-5,7H2,1H3/t9-/m1/s1. The maximum atomic E-state index is 5.81. The number of nitrogens with one attached hydrogen (secondary N) is 1. The Bertz CT molecular complexity index is 438. The van der Waals surface area contributed by atoms with Crippen molar-refractivity contribution in [1.82, 2.24) is 10.3 Å². The lowest BCUT2D eigenvalue weighted by Gasteiger charge is -2.35. The minimum Gasteiger partial charge on any atom is -0.490 e. The zero-order chi connectivity index (χ0) is 11.8. The quantitative estimate of drug-likeness (QED) is 0.791. The maximum Gasteiger partial charge on any atom is 0.172 e. The van der Waals surface area contributed by atoms with Crippen LogP contribution < -0.4 is 15.0 Å². The molecule has 3 rings (SSSR count). The summed E-state index contributed by atoms with van der Waals surface area (Å²) < 4.78 is 6.83. The highest BCUT2D eigenvalue weighted by molar-refractivity contribution is 9.10. The first kappa shape index (κ1) is 11.3. The first-order chi connectivity index (χ1) is 8.25. The van der Waals surface area contributed by atoms with Gasteiger partial charge in [-0.25, -0.2) is 4.98 Å². The molecule has 17 heavy (non-hydrogen) atoms. The van der Waals surface area contributed by atoms with Gasteiger partial charge in [0.05, 0.1) is 12.3 Å². The van der Waals surface area contributed by atoms with Crippen molar-refractivity contribution in [1.29, 1.82) is 0 Å². The number of hydrogen-bond acceptors (Lipinski definition) is 4. The van der Waals surface area contributed by atoms with Crippen molar-refractivity contribution in [2.45, 2.75) is 19.4 Å². The number of halogens is 1. The number of fused-ring (bicyclic) bond motifs is 3. The number of pyridine rings is 1. The molecule has 0 saturated carbocycles. The molecule has 0 aromatic carbocycles. The van der Waals surface area contributed by atoms with E-state index in [1.54, 1.807) is 0 Å². The summed E-state index contributed by atoms with van der Waals surface area (Å²) in [7, 11) is 0. The third-order valence-electron chi connectivity index (χ3n) is 3.43. The van der Waals surface area contributed by atoms with Gasteiger partial charge < -0.3 is 15.0 Å². The molecule has 1 N–H and O–H groups in total. The van der Waals surface area contributed by atoms with Crippen LogP contribution in [0.15, 0.2) is 10.5 Å². The van der Waals surface area contributed by atoms with Crippen molar-refractivity contribution in [3.63, 3.8) is 0 Å². The second kappa shape index (κ2) is 4.46. The Morgan fingerprint density at radius 2 is 2.47 bits per heavy atom. The zero-order valence-electron chi connectivity index (χ0n) is 9.87. The van der Waals surface area contributed by atoms with Gasteiger partial charge >= 0.3 is 0 Å². The molecule has 1 aromatic rings. The van der Waals surface area contributed by atoms with E-state index < -0.39 is 0 Å². The molecule has 0 radical (unpaired) electrons. The number of aryl methyl sites for hydroxylation is 1. The molecule has 1 fully saturated rings. The van der Waals surface area contributed by atoms with Gasteiger partial charge in [-0.1, -0.05) is 0 Å². The van der Waals surface area contributed by atoms with Crippen LogP contribution in [0.1, 0.15) is 12.1 Å². The predicted octanol–water partition coefficient (Wildman–Crippen LogP) is 1.71. The number of piperazine rings is 1. The van der Waals surface area contributed by atoms with Crippen LogP contribution in [0.2, 0.25) is 0 Å². The normalized spacial score (nSPS) is 23.4. The van der Waals surface area contributed by atoms with Crippen molar-refractivity contribution in [2.24, 2.45) is 0 Å². The van der Waals surface area contributed by atoms with Crippen molar-refractivity contribution in [3.05, 3.63) is 16.2 Å². The summed E-state index contributed by atoms with van der Waals surface area (Å²) in [6.07, 6.45) is 1.06. The highest BCUT2D eigenvalue weighted by atomic mass is 79.9. The highest BCUT2D eigenvalue weighted by Gasteiger charge is 2.29. The van der Waals surface area contributed by atoms with Crippen LogP contribution in [-0.4, -0.2) is 37.3 Å². The molecule has 0 bridgehead atoms. The summed E-state index contributed by atoms with van der Waals surface area (Å²) in [4.78, 5) is 7.07. The molecule has 92 valence electrons. The number of nitrogens with zero attached hydrogens (tertiary/aromatic N) is 2. The van der Waals surface area contributed by atoms with Crippen LogP contribution >= 0.6 is 15.9 Å². The second-order valence-corrected chi connectivity index (χ2v) is 5.42. The van der Waals surface area contributed by atoms with Crippen molar-refractivity contribution < 1.29 is 4.74 Å². The average molecular weight is 298 g/mol. The van der Waals surface area contributed by atoms with Crippen LogP contribution in [0.25, 0.3) is 0 Å². The third kappa shape index (κ3) is 2.02. The number of anilines is 1. The van der Waals surface area contributed by atoms with Gasteiger partial charge in [-0.2, -0.15) is 0 Å². The average Bonchev–Trinajstić information content (AvgIpc) is 2.50. The largest absolute Gasteiger partial charge is 0.490 e. The van der Waals surface area contributed by atoms with Crippen LogP contribution in [0.3, 0.4) is 0 Å². The molecule has 3 heterocycles. The van der Waals surface area contributed by atoms with E-state index in [1.807, 2.05) is 13.0 Å². The van der Waals surface area contributed by atoms with Crippen molar-refractivity contribution >= 4 is 21.7 Å². The van der Waals surface area contributed by atoms with E-state index >= 15 is 0 Å². The van der Waals surface area contributed by atoms with Crippen LogP contribution in [0.5, 0.6) is 5.75 Å². The lowest BCUT2D eigenvalue weighted by molar-refractivity contribution is 0.303. The van der Waals surface area contributed by atoms with Crippen LogP contribution in [0.4, 0.5) is 5.82 Å². The fraction of sp³-hybridized carbons (Fsp3) is 0.583. The van der Waals surface area contributed by atoms with Gasteiger partial charge in [-0.05, 0) is 22.9 Å². The molecule has 1 atom stereocenters. The van der Waals surface area contributed by atoms with Gasteiger partial charge in [0.25, 0.3) is 0 Å². The summed E-state index contributed by atoms with van der Waals surface area (Å²) >= 11 is 3.51. The summed E-state index contributed by atoms with van der Waals surface area (Å²) in [5.41, 5.74) is 1.02. The molecule has 0 unspecified atom stereocenters. The molecule has 1 aromatic heterocycles. The molecule has 2 aliphatic rings. The number of rotatable bonds is 0. The number of aromatic nitrogens is 1. The lowest BCUT2D eigenvalue weighted by atomic mass is 10.1. The fourth-order valence-electron chi connectivity index (χ4n) is 2.47. The Hall–Kier alpha value is -0.810. The molecule has 0 amide bonds. The van der Waals surface area contributed by atoms with Crippen LogP contribution in [-0.2, 0) is 0 Å². The Labute approximate surface area is 109 Å². The monoisotopic (exact) mass is 297 g/mol. The summed E-state index contributed by atoms with van der Waals surface area (Å²) in [6.45, 7) is 5.85. The Morgan fingerprint density at radius 3 is 3.35 bits per heavy atom. The summed E-state index contributed by atoms with van der Waals surface area (Å²) in [6, 6.07) is 2.56. The van der Waals surface area contributed by atoms with Gasteiger partial charge in [0.1, 0.15) is 0 Å². The molecule has 1 saturated heterocycles. The van der Waals surface area contributed by atoms with E-state index in [2.05, 4.69) is 31.1 Å². The van der Waals surface area contributed by atoms with E-state index in [1.165, 1.54) is 0 Å². The second-order valence-electron chi connectivity index (χ2n) is 4.57. The van der Waals surface area contributed by atoms with E-state index in [-0.39, 0.29) is 0 Å². The summed E-state index contributed by atoms with van der Waals surface area (Å²) in [5.74, 6) is 1.92. The van der Waals surface area contributed by atoms with Crippen molar-refractivity contribution in [2.75, 3.05) is 31.1 Å². The van der Waals surface area contributed by atoms with Gasteiger partial charge in [-0.3, -0.25) is 0 Å². The molecule has 0 aliphatic carbocycles. The Balaban J connectivity index is 2.05. The first-order valence-corrected chi connectivity index (χ1v) is 6.82. The minimum atomic E-state index is 0.512. The predicted molar refractivity (Wildman–Crippen MR) is 70.8 cm³/mol. The lowest BCUT2D eigenvalue weighted by Crippen LogP contribution is -2.51. The molecular formula is C12H16BrN3O. The Morgan fingerprint density at radius 1 is 1.59 bits per heavy atom. The topological polar surface area (TPSA) is 37.4 Å². The maximum absolute atomic E-state index is 5.81.